The molecule has 1 atom stereocenters. The van der Waals surface area contributed by atoms with E-state index >= 15 is 0 Å². The first-order valence-electron chi connectivity index (χ1n) is 11.4. The van der Waals surface area contributed by atoms with Crippen LogP contribution in [0, 0.1) is 11.4 Å². The molecule has 0 aliphatic heterocycles. The average Bonchev–Trinajstić information content (AvgIpc) is 3.47. The maximum Gasteiger partial charge on any atom is 0.407 e. The number of aromatic amines is 1. The Balaban J connectivity index is 1.49. The van der Waals surface area contributed by atoms with Crippen LogP contribution in [0.15, 0.2) is 48.0 Å². The van der Waals surface area contributed by atoms with Crippen molar-refractivity contribution in [2.24, 2.45) is 5.41 Å². The standard InChI is InChI=1S/C25H27FN6O3S/c1-25(2,3)16(12-32(24(34)35)13-20-29-17-8-4-5-9-18(17)30-20)23-31-19(14-36-23)22(33)28-11-15-7-6-10-27-21(15)26/h4-10,14,16H,11-13H2,1-3H3,(H,28,33)(H,29,30)(H,34,35). The van der Waals surface area contributed by atoms with Gasteiger partial charge in [0.05, 0.1) is 22.6 Å². The molecular weight excluding hydrogens is 483 g/mol. The molecule has 4 aromatic rings. The number of pyridine rings is 1. The van der Waals surface area contributed by atoms with Crippen molar-refractivity contribution in [3.63, 3.8) is 0 Å². The van der Waals surface area contributed by atoms with E-state index in [0.29, 0.717) is 10.8 Å². The molecule has 0 spiro atoms. The summed E-state index contributed by atoms with van der Waals surface area (Å²) in [6.45, 7) is 6.26. The van der Waals surface area contributed by atoms with Crippen molar-refractivity contribution in [2.75, 3.05) is 6.54 Å². The number of hydrogen-bond donors (Lipinski definition) is 3. The zero-order valence-corrected chi connectivity index (χ0v) is 21.0. The Kier molecular flexibility index (Phi) is 7.30. The molecule has 0 radical (unpaired) electrons. The summed E-state index contributed by atoms with van der Waals surface area (Å²) >= 11 is 1.30. The van der Waals surface area contributed by atoms with E-state index in [9.17, 15) is 19.1 Å². The van der Waals surface area contributed by atoms with Crippen LogP contribution in [-0.2, 0) is 13.1 Å². The smallest absolute Gasteiger partial charge is 0.407 e. The van der Waals surface area contributed by atoms with Gasteiger partial charge < -0.3 is 20.3 Å². The molecule has 0 saturated carbocycles. The van der Waals surface area contributed by atoms with Crippen LogP contribution in [0.25, 0.3) is 11.0 Å². The maximum atomic E-state index is 13.8. The fraction of sp³-hybridized carbons (Fsp3) is 0.320. The molecule has 0 aliphatic carbocycles. The minimum atomic E-state index is -1.07. The fourth-order valence-corrected chi connectivity index (χ4v) is 4.92. The van der Waals surface area contributed by atoms with Crippen molar-refractivity contribution in [1.29, 1.82) is 0 Å². The van der Waals surface area contributed by atoms with Crippen molar-refractivity contribution >= 4 is 34.4 Å². The van der Waals surface area contributed by atoms with Crippen LogP contribution < -0.4 is 5.32 Å². The number of nitrogens with zero attached hydrogens (tertiary/aromatic N) is 4. The number of rotatable bonds is 8. The number of carboxylic acid groups (broad SMARTS) is 1. The fourth-order valence-electron chi connectivity index (χ4n) is 3.78. The Hall–Kier alpha value is -3.86. The van der Waals surface area contributed by atoms with Crippen molar-refractivity contribution in [2.45, 2.75) is 39.8 Å². The Labute approximate surface area is 211 Å². The highest BCUT2D eigenvalue weighted by Gasteiger charge is 2.33. The lowest BCUT2D eigenvalue weighted by Gasteiger charge is -2.32. The molecule has 0 fully saturated rings. The van der Waals surface area contributed by atoms with E-state index in [1.165, 1.54) is 22.4 Å². The largest absolute Gasteiger partial charge is 0.465 e. The van der Waals surface area contributed by atoms with E-state index in [1.807, 2.05) is 45.0 Å². The third-order valence-corrected chi connectivity index (χ3v) is 6.78. The van der Waals surface area contributed by atoms with Gasteiger partial charge >= 0.3 is 6.09 Å². The van der Waals surface area contributed by atoms with Crippen LogP contribution in [0.2, 0.25) is 0 Å². The summed E-state index contributed by atoms with van der Waals surface area (Å²) in [6, 6.07) is 10.7. The van der Waals surface area contributed by atoms with E-state index < -0.39 is 17.9 Å². The van der Waals surface area contributed by atoms with Crippen LogP contribution in [0.5, 0.6) is 0 Å². The number of fused-ring (bicyclic) bond motifs is 1. The number of nitrogens with one attached hydrogen (secondary N) is 2. The second kappa shape index (κ2) is 10.4. The molecule has 11 heteroatoms. The van der Waals surface area contributed by atoms with E-state index in [1.54, 1.807) is 17.5 Å². The third-order valence-electron chi connectivity index (χ3n) is 5.83. The summed E-state index contributed by atoms with van der Waals surface area (Å²) in [5, 5.41) is 14.9. The number of para-hydroxylation sites is 2. The Morgan fingerprint density at radius 2 is 1.97 bits per heavy atom. The van der Waals surface area contributed by atoms with Gasteiger partial charge in [0.25, 0.3) is 5.91 Å². The van der Waals surface area contributed by atoms with Crippen molar-refractivity contribution in [3.05, 3.63) is 76.0 Å². The number of carbonyl (C=O) groups excluding carboxylic acids is 1. The SMILES string of the molecule is CC(C)(C)C(CN(Cc1nc2ccccc2[nH]1)C(=O)O)c1nc(C(=O)NCc2cccnc2F)cs1. The molecule has 0 saturated heterocycles. The Morgan fingerprint density at radius 1 is 1.19 bits per heavy atom. The summed E-state index contributed by atoms with van der Waals surface area (Å²) in [5.74, 6) is -0.804. The Bertz CT molecular complexity index is 1350. The number of carbonyl (C=O) groups is 2. The summed E-state index contributed by atoms with van der Waals surface area (Å²) in [5.41, 5.74) is 1.75. The molecule has 0 bridgehead atoms. The van der Waals surface area contributed by atoms with Gasteiger partial charge in [-0.05, 0) is 23.6 Å². The highest BCUT2D eigenvalue weighted by Crippen LogP contribution is 2.37. The summed E-state index contributed by atoms with van der Waals surface area (Å²) in [6.07, 6.45) is 0.270. The van der Waals surface area contributed by atoms with Crippen LogP contribution in [0.4, 0.5) is 9.18 Å². The maximum absolute atomic E-state index is 13.8. The minimum absolute atomic E-state index is 0.0155. The molecule has 1 aromatic carbocycles. The van der Waals surface area contributed by atoms with Crippen molar-refractivity contribution < 1.29 is 19.1 Å². The first kappa shape index (κ1) is 25.2. The average molecular weight is 511 g/mol. The quantitative estimate of drug-likeness (QED) is 0.293. The van der Waals surface area contributed by atoms with Crippen molar-refractivity contribution in [3.8, 4) is 0 Å². The third kappa shape index (κ3) is 5.85. The number of amides is 2. The molecule has 3 heterocycles. The molecule has 2 amide bonds. The molecule has 3 aromatic heterocycles. The summed E-state index contributed by atoms with van der Waals surface area (Å²) in [4.78, 5) is 41.9. The molecule has 0 aliphatic rings. The first-order chi connectivity index (χ1) is 17.1. The van der Waals surface area contributed by atoms with Crippen molar-refractivity contribution in [1.82, 2.24) is 30.2 Å². The summed E-state index contributed by atoms with van der Waals surface area (Å²) < 4.78 is 13.8. The van der Waals surface area contributed by atoms with Gasteiger partial charge in [0.1, 0.15) is 11.5 Å². The molecule has 4 rings (SSSR count). The molecule has 3 N–H and O–H groups in total. The highest BCUT2D eigenvalue weighted by atomic mass is 32.1. The number of hydrogen-bond acceptors (Lipinski definition) is 6. The van der Waals surface area contributed by atoms with Crippen LogP contribution in [-0.4, -0.2) is 48.5 Å². The van der Waals surface area contributed by atoms with Crippen LogP contribution in [0.3, 0.4) is 0 Å². The monoisotopic (exact) mass is 510 g/mol. The van der Waals surface area contributed by atoms with Gasteiger partial charge in [-0.15, -0.1) is 11.3 Å². The second-order valence-corrected chi connectivity index (χ2v) is 10.4. The normalized spacial score (nSPS) is 12.4. The number of imidazole rings is 1. The molecule has 188 valence electrons. The zero-order chi connectivity index (χ0) is 25.9. The number of aromatic nitrogens is 4. The molecule has 1 unspecified atom stereocenters. The molecular formula is C25H27FN6O3S. The van der Waals surface area contributed by atoms with E-state index in [-0.39, 0.29) is 42.2 Å². The summed E-state index contributed by atoms with van der Waals surface area (Å²) in [7, 11) is 0. The van der Waals surface area contributed by atoms with Gasteiger partial charge in [0.2, 0.25) is 5.95 Å². The molecule has 9 nitrogen and oxygen atoms in total. The first-order valence-corrected chi connectivity index (χ1v) is 12.2. The number of thiazole rings is 1. The van der Waals surface area contributed by atoms with Gasteiger partial charge in [-0.25, -0.2) is 19.7 Å². The Morgan fingerprint density at radius 3 is 2.67 bits per heavy atom. The zero-order valence-electron chi connectivity index (χ0n) is 20.2. The van der Waals surface area contributed by atoms with E-state index in [2.05, 4.69) is 25.3 Å². The van der Waals surface area contributed by atoms with E-state index in [0.717, 1.165) is 11.0 Å². The second-order valence-electron chi connectivity index (χ2n) is 9.49. The lowest BCUT2D eigenvalue weighted by molar-refractivity contribution is 0.0944. The van der Waals surface area contributed by atoms with E-state index in [4.69, 9.17) is 0 Å². The lowest BCUT2D eigenvalue weighted by Crippen LogP contribution is -2.37. The van der Waals surface area contributed by atoms with Gasteiger partial charge in [-0.3, -0.25) is 4.79 Å². The number of benzene rings is 1. The van der Waals surface area contributed by atoms with Gasteiger partial charge in [0.15, 0.2) is 0 Å². The predicted molar refractivity (Wildman–Crippen MR) is 134 cm³/mol. The molecule has 36 heavy (non-hydrogen) atoms. The van der Waals surface area contributed by atoms with Gasteiger partial charge in [-0.1, -0.05) is 39.0 Å². The minimum Gasteiger partial charge on any atom is -0.465 e. The number of halogens is 1. The number of H-pyrrole nitrogens is 1. The lowest BCUT2D eigenvalue weighted by atomic mass is 9.80. The van der Waals surface area contributed by atoms with Gasteiger partial charge in [0, 0.05) is 36.1 Å². The van der Waals surface area contributed by atoms with Crippen LogP contribution in [0.1, 0.15) is 53.6 Å². The predicted octanol–water partition coefficient (Wildman–Crippen LogP) is 4.79. The topological polar surface area (TPSA) is 124 Å². The van der Waals surface area contributed by atoms with Crippen LogP contribution >= 0.6 is 11.3 Å². The van der Waals surface area contributed by atoms with Gasteiger partial charge in [-0.2, -0.15) is 4.39 Å². The highest BCUT2D eigenvalue weighted by molar-refractivity contribution is 7.10.